The van der Waals surface area contributed by atoms with Gasteiger partial charge in [0.2, 0.25) is 10.0 Å². The minimum absolute atomic E-state index is 0.0225. The topological polar surface area (TPSA) is 72.5 Å². The van der Waals surface area contributed by atoms with Crippen LogP contribution in [0.3, 0.4) is 0 Å². The summed E-state index contributed by atoms with van der Waals surface area (Å²) < 4.78 is 31.4. The van der Waals surface area contributed by atoms with Crippen LogP contribution in [0.1, 0.15) is 13.8 Å². The standard InChI is InChI=1S/C12H15Cl2NO4S/c1-7(2)11(12(16)19-3)15-20(17,18)10-6-8(13)4-5-9(10)14/h4-7,11,15H,1-3H3. The second-order valence-electron chi connectivity index (χ2n) is 4.44. The molecule has 1 aromatic rings. The lowest BCUT2D eigenvalue weighted by Crippen LogP contribution is -2.44. The number of benzene rings is 1. The first kappa shape index (κ1) is 17.2. The predicted octanol–water partition coefficient (Wildman–Crippen LogP) is 2.47. The van der Waals surface area contributed by atoms with Gasteiger partial charge in [0.15, 0.2) is 0 Å². The Kier molecular flexibility index (Phi) is 5.82. The van der Waals surface area contributed by atoms with E-state index < -0.39 is 22.0 Å². The fraction of sp³-hybridized carbons (Fsp3) is 0.417. The number of methoxy groups -OCH3 is 1. The molecule has 0 aliphatic rings. The van der Waals surface area contributed by atoms with Gasteiger partial charge in [-0.15, -0.1) is 0 Å². The number of halogens is 2. The number of carbonyl (C=O) groups is 1. The van der Waals surface area contributed by atoms with Crippen LogP contribution in [0, 0.1) is 5.92 Å². The quantitative estimate of drug-likeness (QED) is 0.836. The van der Waals surface area contributed by atoms with Crippen molar-refractivity contribution in [2.75, 3.05) is 7.11 Å². The number of ether oxygens (including phenoxy) is 1. The van der Waals surface area contributed by atoms with Gasteiger partial charge in [-0.25, -0.2) is 8.42 Å². The van der Waals surface area contributed by atoms with Crippen molar-refractivity contribution in [3.63, 3.8) is 0 Å². The van der Waals surface area contributed by atoms with Crippen molar-refractivity contribution < 1.29 is 17.9 Å². The maximum atomic E-state index is 12.3. The third-order valence-corrected chi connectivity index (χ3v) is 4.74. The summed E-state index contributed by atoms with van der Waals surface area (Å²) in [5, 5.41) is 0.253. The zero-order chi connectivity index (χ0) is 15.5. The molecule has 0 aromatic heterocycles. The molecule has 0 saturated carbocycles. The third-order valence-electron chi connectivity index (χ3n) is 2.59. The molecule has 1 atom stereocenters. The number of rotatable bonds is 5. The Morgan fingerprint density at radius 2 is 1.90 bits per heavy atom. The molecule has 5 nitrogen and oxygen atoms in total. The summed E-state index contributed by atoms with van der Waals surface area (Å²) in [6.07, 6.45) is 0. The molecule has 1 unspecified atom stereocenters. The first-order valence-electron chi connectivity index (χ1n) is 5.74. The molecule has 0 amide bonds. The molecule has 0 spiro atoms. The van der Waals surface area contributed by atoms with Gasteiger partial charge < -0.3 is 4.74 Å². The van der Waals surface area contributed by atoms with E-state index in [-0.39, 0.29) is 20.9 Å². The molecule has 1 rings (SSSR count). The minimum Gasteiger partial charge on any atom is -0.468 e. The maximum absolute atomic E-state index is 12.3. The lowest BCUT2D eigenvalue weighted by molar-refractivity contribution is -0.143. The van der Waals surface area contributed by atoms with Crippen LogP contribution in [-0.2, 0) is 19.6 Å². The van der Waals surface area contributed by atoms with Crippen molar-refractivity contribution in [1.29, 1.82) is 0 Å². The third kappa shape index (κ3) is 4.09. The first-order valence-corrected chi connectivity index (χ1v) is 7.98. The lowest BCUT2D eigenvalue weighted by Gasteiger charge is -2.20. The van der Waals surface area contributed by atoms with Crippen LogP contribution in [0.5, 0.6) is 0 Å². The van der Waals surface area contributed by atoms with Gasteiger partial charge in [-0.05, 0) is 24.1 Å². The van der Waals surface area contributed by atoms with Crippen LogP contribution in [0.4, 0.5) is 0 Å². The van der Waals surface area contributed by atoms with E-state index in [0.29, 0.717) is 0 Å². The Morgan fingerprint density at radius 1 is 1.30 bits per heavy atom. The molecule has 20 heavy (non-hydrogen) atoms. The van der Waals surface area contributed by atoms with Crippen LogP contribution >= 0.6 is 23.2 Å². The van der Waals surface area contributed by atoms with E-state index in [4.69, 9.17) is 23.2 Å². The van der Waals surface area contributed by atoms with E-state index in [0.717, 1.165) is 0 Å². The van der Waals surface area contributed by atoms with Gasteiger partial charge >= 0.3 is 5.97 Å². The van der Waals surface area contributed by atoms with Gasteiger partial charge in [0.25, 0.3) is 0 Å². The van der Waals surface area contributed by atoms with Crippen LogP contribution in [0.15, 0.2) is 23.1 Å². The zero-order valence-electron chi connectivity index (χ0n) is 11.2. The molecule has 8 heteroatoms. The average molecular weight is 340 g/mol. The van der Waals surface area contributed by atoms with Crippen LogP contribution in [0.25, 0.3) is 0 Å². The SMILES string of the molecule is COC(=O)C(NS(=O)(=O)c1cc(Cl)ccc1Cl)C(C)C. The molecular weight excluding hydrogens is 325 g/mol. The predicted molar refractivity (Wildman–Crippen MR) is 77.4 cm³/mol. The van der Waals surface area contributed by atoms with Gasteiger partial charge in [0, 0.05) is 5.02 Å². The van der Waals surface area contributed by atoms with Crippen molar-refractivity contribution >= 4 is 39.2 Å². The number of hydrogen-bond donors (Lipinski definition) is 1. The van der Waals surface area contributed by atoms with Crippen molar-refractivity contribution in [2.24, 2.45) is 5.92 Å². The smallest absolute Gasteiger partial charge is 0.324 e. The Labute approximate surface area is 128 Å². The summed E-state index contributed by atoms with van der Waals surface area (Å²) in [6, 6.07) is 3.07. The van der Waals surface area contributed by atoms with Crippen LogP contribution in [0.2, 0.25) is 10.0 Å². The highest BCUT2D eigenvalue weighted by Gasteiger charge is 2.30. The lowest BCUT2D eigenvalue weighted by atomic mass is 10.1. The Morgan fingerprint density at radius 3 is 2.40 bits per heavy atom. The van der Waals surface area contributed by atoms with Crippen molar-refractivity contribution in [1.82, 2.24) is 4.72 Å². The molecule has 112 valence electrons. The van der Waals surface area contributed by atoms with E-state index in [1.54, 1.807) is 13.8 Å². The van der Waals surface area contributed by atoms with Gasteiger partial charge in [-0.1, -0.05) is 37.0 Å². The van der Waals surface area contributed by atoms with Gasteiger partial charge in [-0.2, -0.15) is 4.72 Å². The highest BCUT2D eigenvalue weighted by atomic mass is 35.5. The van der Waals surface area contributed by atoms with E-state index in [1.165, 1.54) is 25.3 Å². The van der Waals surface area contributed by atoms with Gasteiger partial charge in [0.1, 0.15) is 10.9 Å². The Hall–Kier alpha value is -0.820. The molecule has 0 bridgehead atoms. The minimum atomic E-state index is -3.98. The summed E-state index contributed by atoms with van der Waals surface area (Å²) >= 11 is 11.6. The molecule has 1 N–H and O–H groups in total. The summed E-state index contributed by atoms with van der Waals surface area (Å²) in [4.78, 5) is 11.4. The number of nitrogens with one attached hydrogen (secondary N) is 1. The molecule has 0 aliphatic heterocycles. The number of sulfonamides is 1. The monoisotopic (exact) mass is 339 g/mol. The molecule has 0 radical (unpaired) electrons. The molecule has 0 saturated heterocycles. The Bertz CT molecular complexity index is 601. The van der Waals surface area contributed by atoms with E-state index in [1.807, 2.05) is 0 Å². The van der Waals surface area contributed by atoms with Crippen molar-refractivity contribution in [2.45, 2.75) is 24.8 Å². The number of hydrogen-bond acceptors (Lipinski definition) is 4. The molecule has 0 heterocycles. The average Bonchev–Trinajstić information content (AvgIpc) is 2.37. The summed E-state index contributed by atoms with van der Waals surface area (Å²) in [5.74, 6) is -0.947. The molecule has 0 fully saturated rings. The fourth-order valence-electron chi connectivity index (χ4n) is 1.50. The maximum Gasteiger partial charge on any atom is 0.324 e. The zero-order valence-corrected chi connectivity index (χ0v) is 13.5. The number of esters is 1. The van der Waals surface area contributed by atoms with Crippen molar-refractivity contribution in [3.05, 3.63) is 28.2 Å². The molecular formula is C12H15Cl2NO4S. The highest BCUT2D eigenvalue weighted by Crippen LogP contribution is 2.25. The second kappa shape index (κ2) is 6.76. The van der Waals surface area contributed by atoms with E-state index in [9.17, 15) is 13.2 Å². The fourth-order valence-corrected chi connectivity index (χ4v) is 3.59. The van der Waals surface area contributed by atoms with Gasteiger partial charge in [0.05, 0.1) is 12.1 Å². The van der Waals surface area contributed by atoms with Crippen molar-refractivity contribution in [3.8, 4) is 0 Å². The summed E-state index contributed by atoms with van der Waals surface area (Å²) in [7, 11) is -2.79. The van der Waals surface area contributed by atoms with Crippen LogP contribution in [-0.4, -0.2) is 27.5 Å². The molecule has 1 aromatic carbocycles. The summed E-state index contributed by atoms with van der Waals surface area (Å²) in [6.45, 7) is 3.40. The second-order valence-corrected chi connectivity index (χ2v) is 6.97. The molecule has 0 aliphatic carbocycles. The number of carbonyl (C=O) groups excluding carboxylic acids is 1. The Balaban J connectivity index is 3.16. The van der Waals surface area contributed by atoms with Gasteiger partial charge in [-0.3, -0.25) is 4.79 Å². The first-order chi connectivity index (χ1) is 9.19. The summed E-state index contributed by atoms with van der Waals surface area (Å²) in [5.41, 5.74) is 0. The van der Waals surface area contributed by atoms with Crippen LogP contribution < -0.4 is 4.72 Å². The normalized spacial score (nSPS) is 13.3. The largest absolute Gasteiger partial charge is 0.468 e. The highest BCUT2D eigenvalue weighted by molar-refractivity contribution is 7.89. The van der Waals surface area contributed by atoms with E-state index in [2.05, 4.69) is 9.46 Å². The van der Waals surface area contributed by atoms with E-state index >= 15 is 0 Å².